The number of ether oxygens (including phenoxy) is 2. The van der Waals surface area contributed by atoms with Crippen LogP contribution in [0.5, 0.6) is 17.2 Å². The second-order valence-corrected chi connectivity index (χ2v) is 9.30. The van der Waals surface area contributed by atoms with Crippen LogP contribution in [0, 0.1) is 5.82 Å². The molecule has 2 heterocycles. The van der Waals surface area contributed by atoms with Gasteiger partial charge in [0.05, 0.1) is 19.0 Å². The Kier molecular flexibility index (Phi) is 8.14. The van der Waals surface area contributed by atoms with Gasteiger partial charge in [-0.25, -0.2) is 8.91 Å². The molecule has 3 aromatic carbocycles. The number of allylic oxidation sites excluding steroid dienone is 1. The number of fused-ring (bicyclic) bond motifs is 1. The van der Waals surface area contributed by atoms with Gasteiger partial charge in [0, 0.05) is 42.3 Å². The third-order valence-corrected chi connectivity index (χ3v) is 6.65. The number of benzene rings is 3. The fourth-order valence-electron chi connectivity index (χ4n) is 4.35. The summed E-state index contributed by atoms with van der Waals surface area (Å²) in [6.45, 7) is 1.63. The number of nitrogens with zero attached hydrogens (tertiary/aromatic N) is 3. The summed E-state index contributed by atoms with van der Waals surface area (Å²) in [6, 6.07) is 24.5. The molecule has 2 aromatic heterocycles. The summed E-state index contributed by atoms with van der Waals surface area (Å²) in [7, 11) is 3.29. The molecule has 0 atom stereocenters. The Hall–Kier alpha value is -5.64. The first-order chi connectivity index (χ1) is 20.4. The van der Waals surface area contributed by atoms with Gasteiger partial charge in [-0.15, -0.1) is 0 Å². The first kappa shape index (κ1) is 27.9. The standard InChI is InChI=1S/C32H28FN5O4/c1-21(37(2)36-23-7-5-4-6-8-23)27(20-39)32(40)35-24-11-14-29(28(33)19-24)42-30-15-17-34-38-18-16-26(31(30)38)22-9-12-25(41-3)13-10-22/h4-20,36H,1-3H3,(H,35,40)/b27-21+. The molecular weight excluding hydrogens is 537 g/mol. The van der Waals surface area contributed by atoms with Gasteiger partial charge in [-0.05, 0) is 55.0 Å². The Labute approximate surface area is 241 Å². The van der Waals surface area contributed by atoms with Crippen LogP contribution < -0.4 is 20.2 Å². The number of carbonyl (C=O) groups excluding carboxylic acids is 2. The smallest absolute Gasteiger partial charge is 0.260 e. The van der Waals surface area contributed by atoms with E-state index in [2.05, 4.69) is 15.8 Å². The number of methoxy groups -OCH3 is 1. The molecule has 0 saturated heterocycles. The molecule has 2 N–H and O–H groups in total. The highest BCUT2D eigenvalue weighted by Crippen LogP contribution is 2.36. The molecule has 0 unspecified atom stereocenters. The Morgan fingerprint density at radius 2 is 1.74 bits per heavy atom. The zero-order chi connectivity index (χ0) is 29.6. The molecule has 1 amide bonds. The van der Waals surface area contributed by atoms with Crippen molar-refractivity contribution in [3.05, 3.63) is 114 Å². The third kappa shape index (κ3) is 5.92. The minimum Gasteiger partial charge on any atom is -0.497 e. The van der Waals surface area contributed by atoms with Gasteiger partial charge < -0.3 is 14.8 Å². The molecule has 0 aliphatic carbocycles. The van der Waals surface area contributed by atoms with Gasteiger partial charge in [-0.2, -0.15) is 5.10 Å². The fourth-order valence-corrected chi connectivity index (χ4v) is 4.35. The van der Waals surface area contributed by atoms with Crippen LogP contribution in [0.25, 0.3) is 16.6 Å². The third-order valence-electron chi connectivity index (χ3n) is 6.65. The van der Waals surface area contributed by atoms with E-state index >= 15 is 4.39 Å². The van der Waals surface area contributed by atoms with Gasteiger partial charge in [0.25, 0.3) is 5.91 Å². The quantitative estimate of drug-likeness (QED) is 0.0673. The normalized spacial score (nSPS) is 11.4. The first-order valence-electron chi connectivity index (χ1n) is 13.0. The van der Waals surface area contributed by atoms with Gasteiger partial charge in [0.15, 0.2) is 23.6 Å². The fraction of sp³-hybridized carbons (Fsp3) is 0.0938. The number of hydrogen-bond donors (Lipinski definition) is 2. The van der Waals surface area contributed by atoms with Crippen LogP contribution in [0.2, 0.25) is 0 Å². The second-order valence-electron chi connectivity index (χ2n) is 9.30. The molecule has 0 bridgehead atoms. The highest BCUT2D eigenvalue weighted by atomic mass is 19.1. The van der Waals surface area contributed by atoms with E-state index in [1.54, 1.807) is 49.1 Å². The van der Waals surface area contributed by atoms with Crippen molar-refractivity contribution < 1.29 is 23.5 Å². The number of amides is 1. The van der Waals surface area contributed by atoms with E-state index in [9.17, 15) is 9.59 Å². The van der Waals surface area contributed by atoms with E-state index in [0.717, 1.165) is 28.6 Å². The summed E-state index contributed by atoms with van der Waals surface area (Å²) in [5.74, 6) is -0.292. The molecule has 5 rings (SSSR count). The zero-order valence-corrected chi connectivity index (χ0v) is 23.2. The number of halogens is 1. The zero-order valence-electron chi connectivity index (χ0n) is 23.2. The van der Waals surface area contributed by atoms with E-state index in [1.165, 1.54) is 12.1 Å². The van der Waals surface area contributed by atoms with Crippen molar-refractivity contribution in [3.63, 3.8) is 0 Å². The number of aromatic nitrogens is 2. The average molecular weight is 566 g/mol. The van der Waals surface area contributed by atoms with Gasteiger partial charge in [0.2, 0.25) is 0 Å². The van der Waals surface area contributed by atoms with Crippen LogP contribution in [-0.2, 0) is 9.59 Å². The Balaban J connectivity index is 1.35. The molecule has 9 nitrogen and oxygen atoms in total. The summed E-state index contributed by atoms with van der Waals surface area (Å²) in [5, 5.41) is 8.49. The van der Waals surface area contributed by atoms with Gasteiger partial charge >= 0.3 is 0 Å². The summed E-state index contributed by atoms with van der Waals surface area (Å²) in [5.41, 5.74) is 6.73. The van der Waals surface area contributed by atoms with Crippen molar-refractivity contribution in [3.8, 4) is 28.4 Å². The molecule has 0 spiro atoms. The van der Waals surface area contributed by atoms with Crippen molar-refractivity contribution in [2.45, 2.75) is 6.92 Å². The van der Waals surface area contributed by atoms with Gasteiger partial charge in [-0.3, -0.25) is 20.0 Å². The first-order valence-corrected chi connectivity index (χ1v) is 13.0. The van der Waals surface area contributed by atoms with E-state index in [-0.39, 0.29) is 17.0 Å². The van der Waals surface area contributed by atoms with Crippen LogP contribution in [0.1, 0.15) is 6.92 Å². The van der Waals surface area contributed by atoms with Crippen LogP contribution in [0.3, 0.4) is 0 Å². The number of anilines is 2. The lowest BCUT2D eigenvalue weighted by Gasteiger charge is -2.23. The summed E-state index contributed by atoms with van der Waals surface area (Å²) in [4.78, 5) is 24.8. The van der Waals surface area contributed by atoms with E-state index in [1.807, 2.05) is 60.7 Å². The van der Waals surface area contributed by atoms with E-state index < -0.39 is 11.7 Å². The van der Waals surface area contributed by atoms with E-state index in [4.69, 9.17) is 9.47 Å². The Bertz CT molecular complexity index is 1770. The van der Waals surface area contributed by atoms with Crippen molar-refractivity contribution in [2.75, 3.05) is 24.9 Å². The number of para-hydroxylation sites is 1. The van der Waals surface area contributed by atoms with Crippen LogP contribution >= 0.6 is 0 Å². The number of nitrogens with one attached hydrogen (secondary N) is 2. The molecule has 212 valence electrons. The Morgan fingerprint density at radius 3 is 2.43 bits per heavy atom. The topological polar surface area (TPSA) is 97.2 Å². The average Bonchev–Trinajstić information content (AvgIpc) is 3.44. The largest absolute Gasteiger partial charge is 0.497 e. The lowest BCUT2D eigenvalue weighted by atomic mass is 10.1. The van der Waals surface area contributed by atoms with Crippen LogP contribution in [0.4, 0.5) is 15.8 Å². The number of carbonyl (C=O) groups is 2. The highest BCUT2D eigenvalue weighted by Gasteiger charge is 2.18. The van der Waals surface area contributed by atoms with Crippen molar-refractivity contribution in [1.29, 1.82) is 0 Å². The summed E-state index contributed by atoms with van der Waals surface area (Å²) < 4.78 is 28.1. The van der Waals surface area contributed by atoms with Gasteiger partial charge in [-0.1, -0.05) is 30.3 Å². The number of hydrogen-bond acceptors (Lipinski definition) is 7. The van der Waals surface area contributed by atoms with Crippen LogP contribution in [0.15, 0.2) is 109 Å². The van der Waals surface area contributed by atoms with Crippen LogP contribution in [-0.4, -0.2) is 41.0 Å². The predicted octanol–water partition coefficient (Wildman–Crippen LogP) is 6.31. The molecule has 0 aliphatic heterocycles. The minimum absolute atomic E-state index is 0.0443. The summed E-state index contributed by atoms with van der Waals surface area (Å²) in [6.07, 6.45) is 3.82. The molecule has 5 aromatic rings. The lowest BCUT2D eigenvalue weighted by molar-refractivity contribution is -0.115. The lowest BCUT2D eigenvalue weighted by Crippen LogP contribution is -2.28. The van der Waals surface area contributed by atoms with Crippen molar-refractivity contribution in [2.24, 2.45) is 0 Å². The molecule has 0 radical (unpaired) electrons. The van der Waals surface area contributed by atoms with Crippen molar-refractivity contribution >= 4 is 29.1 Å². The van der Waals surface area contributed by atoms with Crippen molar-refractivity contribution in [1.82, 2.24) is 14.6 Å². The molecule has 10 heteroatoms. The molecule has 42 heavy (non-hydrogen) atoms. The highest BCUT2D eigenvalue weighted by molar-refractivity contribution is 6.17. The maximum absolute atomic E-state index is 15.2. The molecule has 0 saturated carbocycles. The van der Waals surface area contributed by atoms with E-state index in [0.29, 0.717) is 23.2 Å². The minimum atomic E-state index is -0.698. The second kappa shape index (κ2) is 12.3. The predicted molar refractivity (Wildman–Crippen MR) is 159 cm³/mol. The number of hydrazine groups is 1. The maximum atomic E-state index is 15.2. The summed E-state index contributed by atoms with van der Waals surface area (Å²) >= 11 is 0. The SMILES string of the molecule is COc1ccc(-c2ccn3nccc(Oc4ccc(NC(=O)/C(C=O)=C(\C)N(C)Nc5ccccc5)cc4F)c23)cc1. The number of aldehydes is 1. The Morgan fingerprint density at radius 1 is 0.976 bits per heavy atom. The molecule has 0 aliphatic rings. The molecular formula is C32H28FN5O4. The van der Waals surface area contributed by atoms with Gasteiger partial charge in [0.1, 0.15) is 16.8 Å². The monoisotopic (exact) mass is 565 g/mol. The maximum Gasteiger partial charge on any atom is 0.260 e. The molecule has 0 fully saturated rings. The number of rotatable bonds is 10.